The summed E-state index contributed by atoms with van der Waals surface area (Å²) in [6.45, 7) is 0. The molecule has 0 radical (unpaired) electrons. The first-order valence-electron chi connectivity index (χ1n) is 4.73. The Hall–Kier alpha value is -1.55. The minimum absolute atomic E-state index is 0.337. The molecule has 2 rings (SSSR count). The smallest absolute Gasteiger partial charge is 0.340 e. The number of esters is 1. The standard InChI is InChI=1S/C12H10BrNO2/c1-16-12(15)11-7-14-6-10(11)8-3-2-4-9(13)5-8/h2-7,14H,1H3. The lowest BCUT2D eigenvalue weighted by Gasteiger charge is -2.02. The first-order valence-corrected chi connectivity index (χ1v) is 5.52. The van der Waals surface area contributed by atoms with E-state index in [4.69, 9.17) is 4.74 Å². The molecule has 2 aromatic rings. The monoisotopic (exact) mass is 279 g/mol. The predicted octanol–water partition coefficient (Wildman–Crippen LogP) is 3.23. The van der Waals surface area contributed by atoms with Gasteiger partial charge in [0.05, 0.1) is 12.7 Å². The molecule has 3 nitrogen and oxygen atoms in total. The van der Waals surface area contributed by atoms with Gasteiger partial charge in [-0.15, -0.1) is 0 Å². The van der Waals surface area contributed by atoms with Crippen LogP contribution in [0, 0.1) is 0 Å². The van der Waals surface area contributed by atoms with E-state index in [-0.39, 0.29) is 5.97 Å². The Morgan fingerprint density at radius 1 is 1.38 bits per heavy atom. The van der Waals surface area contributed by atoms with Crippen LogP contribution >= 0.6 is 15.9 Å². The summed E-state index contributed by atoms with van der Waals surface area (Å²) in [5, 5.41) is 0. The summed E-state index contributed by atoms with van der Waals surface area (Å²) < 4.78 is 5.69. The van der Waals surface area contributed by atoms with E-state index >= 15 is 0 Å². The highest BCUT2D eigenvalue weighted by Gasteiger charge is 2.13. The van der Waals surface area contributed by atoms with Gasteiger partial charge in [0, 0.05) is 22.4 Å². The fourth-order valence-corrected chi connectivity index (χ4v) is 1.94. The van der Waals surface area contributed by atoms with Crippen molar-refractivity contribution in [2.75, 3.05) is 7.11 Å². The van der Waals surface area contributed by atoms with E-state index in [9.17, 15) is 4.79 Å². The summed E-state index contributed by atoms with van der Waals surface area (Å²) in [6.07, 6.45) is 3.43. The number of methoxy groups -OCH3 is 1. The van der Waals surface area contributed by atoms with E-state index in [1.54, 1.807) is 12.4 Å². The first-order chi connectivity index (χ1) is 7.72. The fourth-order valence-electron chi connectivity index (χ4n) is 1.54. The zero-order valence-electron chi connectivity index (χ0n) is 8.66. The Morgan fingerprint density at radius 3 is 2.88 bits per heavy atom. The van der Waals surface area contributed by atoms with Crippen LogP contribution in [0.25, 0.3) is 11.1 Å². The normalized spacial score (nSPS) is 10.1. The number of benzene rings is 1. The lowest BCUT2D eigenvalue weighted by Crippen LogP contribution is -2.00. The number of hydrogen-bond donors (Lipinski definition) is 1. The quantitative estimate of drug-likeness (QED) is 0.858. The highest BCUT2D eigenvalue weighted by atomic mass is 79.9. The number of rotatable bonds is 2. The van der Waals surface area contributed by atoms with Gasteiger partial charge in [0.25, 0.3) is 0 Å². The Labute approximate surface area is 102 Å². The molecular weight excluding hydrogens is 270 g/mol. The number of carbonyl (C=O) groups is 1. The van der Waals surface area contributed by atoms with E-state index < -0.39 is 0 Å². The number of nitrogens with one attached hydrogen (secondary N) is 1. The van der Waals surface area contributed by atoms with Crippen LogP contribution in [0.4, 0.5) is 0 Å². The number of aromatic nitrogens is 1. The van der Waals surface area contributed by atoms with E-state index in [1.165, 1.54) is 7.11 Å². The zero-order chi connectivity index (χ0) is 11.5. The molecule has 0 saturated heterocycles. The van der Waals surface area contributed by atoms with E-state index in [1.807, 2.05) is 24.3 Å². The van der Waals surface area contributed by atoms with Crippen LogP contribution in [-0.2, 0) is 4.74 Å². The second-order valence-corrected chi connectivity index (χ2v) is 4.20. The van der Waals surface area contributed by atoms with Gasteiger partial charge in [-0.05, 0) is 17.7 Å². The summed E-state index contributed by atoms with van der Waals surface area (Å²) >= 11 is 3.40. The highest BCUT2D eigenvalue weighted by molar-refractivity contribution is 9.10. The zero-order valence-corrected chi connectivity index (χ0v) is 10.2. The largest absolute Gasteiger partial charge is 0.465 e. The predicted molar refractivity (Wildman–Crippen MR) is 65.3 cm³/mol. The summed E-state index contributed by atoms with van der Waals surface area (Å²) in [7, 11) is 1.38. The van der Waals surface area contributed by atoms with Crippen molar-refractivity contribution in [3.05, 3.63) is 46.7 Å². The van der Waals surface area contributed by atoms with Crippen LogP contribution < -0.4 is 0 Å². The van der Waals surface area contributed by atoms with E-state index in [0.717, 1.165) is 15.6 Å². The molecule has 16 heavy (non-hydrogen) atoms. The SMILES string of the molecule is COC(=O)c1c[nH]cc1-c1cccc(Br)c1. The summed E-state index contributed by atoms with van der Waals surface area (Å²) in [4.78, 5) is 14.4. The number of ether oxygens (including phenoxy) is 1. The summed E-state index contributed by atoms with van der Waals surface area (Å²) in [6, 6.07) is 7.76. The molecular formula is C12H10BrNO2. The molecule has 0 aliphatic heterocycles. The van der Waals surface area contributed by atoms with Gasteiger partial charge in [0.15, 0.2) is 0 Å². The maximum Gasteiger partial charge on any atom is 0.340 e. The molecule has 82 valence electrons. The first kappa shape index (κ1) is 11.0. The molecule has 4 heteroatoms. The van der Waals surface area contributed by atoms with Crippen molar-refractivity contribution in [1.82, 2.24) is 4.98 Å². The average molecular weight is 280 g/mol. The molecule has 1 heterocycles. The average Bonchev–Trinajstić information content (AvgIpc) is 2.77. The Balaban J connectivity index is 2.48. The number of halogens is 1. The third-order valence-electron chi connectivity index (χ3n) is 2.29. The Morgan fingerprint density at radius 2 is 2.19 bits per heavy atom. The maximum absolute atomic E-state index is 11.5. The molecule has 1 aromatic heterocycles. The molecule has 0 fully saturated rings. The lowest BCUT2D eigenvalue weighted by molar-refractivity contribution is 0.0602. The molecule has 0 bridgehead atoms. The molecule has 0 aliphatic rings. The van der Waals surface area contributed by atoms with Gasteiger partial charge >= 0.3 is 5.97 Å². The third kappa shape index (κ3) is 2.02. The van der Waals surface area contributed by atoms with Crippen molar-refractivity contribution in [2.24, 2.45) is 0 Å². The van der Waals surface area contributed by atoms with Gasteiger partial charge in [-0.3, -0.25) is 0 Å². The molecule has 0 aliphatic carbocycles. The molecule has 0 spiro atoms. The van der Waals surface area contributed by atoms with Crippen molar-refractivity contribution in [3.63, 3.8) is 0 Å². The van der Waals surface area contributed by atoms with Crippen molar-refractivity contribution in [2.45, 2.75) is 0 Å². The molecule has 1 aromatic carbocycles. The van der Waals surface area contributed by atoms with Gasteiger partial charge < -0.3 is 9.72 Å². The van der Waals surface area contributed by atoms with Gasteiger partial charge in [-0.2, -0.15) is 0 Å². The van der Waals surface area contributed by atoms with Gasteiger partial charge in [-0.25, -0.2) is 4.79 Å². The Bertz CT molecular complexity index is 519. The van der Waals surface area contributed by atoms with Gasteiger partial charge in [0.2, 0.25) is 0 Å². The van der Waals surface area contributed by atoms with Gasteiger partial charge in [-0.1, -0.05) is 28.1 Å². The summed E-state index contributed by atoms with van der Waals surface area (Å²) in [5.41, 5.74) is 2.35. The van der Waals surface area contributed by atoms with Crippen LogP contribution in [0.2, 0.25) is 0 Å². The lowest BCUT2D eigenvalue weighted by atomic mass is 10.1. The summed E-state index contributed by atoms with van der Waals surface area (Å²) in [5.74, 6) is -0.337. The van der Waals surface area contributed by atoms with Crippen LogP contribution in [0.3, 0.4) is 0 Å². The highest BCUT2D eigenvalue weighted by Crippen LogP contribution is 2.26. The fraction of sp³-hybridized carbons (Fsp3) is 0.0833. The van der Waals surface area contributed by atoms with E-state index in [0.29, 0.717) is 5.56 Å². The van der Waals surface area contributed by atoms with Crippen LogP contribution in [0.1, 0.15) is 10.4 Å². The van der Waals surface area contributed by atoms with Gasteiger partial charge in [0.1, 0.15) is 0 Å². The molecule has 1 N–H and O–H groups in total. The van der Waals surface area contributed by atoms with E-state index in [2.05, 4.69) is 20.9 Å². The van der Waals surface area contributed by atoms with Crippen molar-refractivity contribution in [1.29, 1.82) is 0 Å². The molecule has 0 unspecified atom stereocenters. The molecule has 0 amide bonds. The van der Waals surface area contributed by atoms with Crippen LogP contribution in [-0.4, -0.2) is 18.1 Å². The Kier molecular flexibility index (Phi) is 3.10. The second kappa shape index (κ2) is 4.53. The minimum atomic E-state index is -0.337. The molecule has 0 saturated carbocycles. The van der Waals surface area contributed by atoms with Crippen molar-refractivity contribution in [3.8, 4) is 11.1 Å². The number of aromatic amines is 1. The van der Waals surface area contributed by atoms with Crippen molar-refractivity contribution >= 4 is 21.9 Å². The second-order valence-electron chi connectivity index (χ2n) is 3.28. The number of carbonyl (C=O) groups excluding carboxylic acids is 1. The van der Waals surface area contributed by atoms with Crippen LogP contribution in [0.5, 0.6) is 0 Å². The minimum Gasteiger partial charge on any atom is -0.465 e. The topological polar surface area (TPSA) is 42.1 Å². The maximum atomic E-state index is 11.5. The number of H-pyrrole nitrogens is 1. The van der Waals surface area contributed by atoms with Crippen LogP contribution in [0.15, 0.2) is 41.1 Å². The van der Waals surface area contributed by atoms with Crippen molar-refractivity contribution < 1.29 is 9.53 Å². The third-order valence-corrected chi connectivity index (χ3v) is 2.78. The molecule has 0 atom stereocenters. The number of hydrogen-bond acceptors (Lipinski definition) is 2.